The summed E-state index contributed by atoms with van der Waals surface area (Å²) in [5.41, 5.74) is 3.63. The Hall–Kier alpha value is -1.95. The van der Waals surface area contributed by atoms with Crippen LogP contribution in [-0.2, 0) is 0 Å². The van der Waals surface area contributed by atoms with Gasteiger partial charge < -0.3 is 4.90 Å². The van der Waals surface area contributed by atoms with Gasteiger partial charge in [0.2, 0.25) is 11.1 Å². The lowest BCUT2D eigenvalue weighted by Gasteiger charge is -2.25. The fourth-order valence-corrected chi connectivity index (χ4v) is 3.16. The molecule has 2 aliphatic heterocycles. The lowest BCUT2D eigenvalue weighted by Crippen LogP contribution is -2.39. The van der Waals surface area contributed by atoms with Gasteiger partial charge in [0.15, 0.2) is 0 Å². The summed E-state index contributed by atoms with van der Waals surface area (Å²) in [5, 5.41) is 0.884. The summed E-state index contributed by atoms with van der Waals surface area (Å²) in [6.45, 7) is 4.01. The summed E-state index contributed by atoms with van der Waals surface area (Å²) < 4.78 is 4.12. The summed E-state index contributed by atoms with van der Waals surface area (Å²) in [7, 11) is 0. The Balaban J connectivity index is 1.94. The van der Waals surface area contributed by atoms with Gasteiger partial charge in [-0.15, -0.1) is 0 Å². The number of fused-ring (bicyclic) bond motifs is 3. The molecular formula is C13H13N5S. The number of aliphatic imine (C=N–C) groups is 1. The molecule has 0 unspecified atom stereocenters. The lowest BCUT2D eigenvalue weighted by molar-refractivity contribution is 0.792. The van der Waals surface area contributed by atoms with Gasteiger partial charge in [0, 0.05) is 24.6 Å². The predicted molar refractivity (Wildman–Crippen MR) is 77.5 cm³/mol. The Morgan fingerprint density at radius 1 is 1.26 bits per heavy atom. The van der Waals surface area contributed by atoms with Crippen LogP contribution in [0.4, 0.5) is 16.5 Å². The molecule has 1 aromatic carbocycles. The molecule has 0 amide bonds. The molecule has 0 atom stereocenters. The zero-order valence-corrected chi connectivity index (χ0v) is 11.4. The van der Waals surface area contributed by atoms with E-state index in [1.807, 2.05) is 0 Å². The Labute approximate surface area is 115 Å². The third-order valence-corrected chi connectivity index (χ3v) is 4.09. The number of aryl methyl sites for hydroxylation is 1. The molecule has 96 valence electrons. The molecule has 5 nitrogen and oxygen atoms in total. The van der Waals surface area contributed by atoms with Crippen LogP contribution in [0.3, 0.4) is 0 Å². The van der Waals surface area contributed by atoms with E-state index in [0.29, 0.717) is 0 Å². The van der Waals surface area contributed by atoms with E-state index in [4.69, 9.17) is 0 Å². The van der Waals surface area contributed by atoms with E-state index in [2.05, 4.69) is 49.3 Å². The van der Waals surface area contributed by atoms with Crippen LogP contribution in [0.2, 0.25) is 0 Å². The van der Waals surface area contributed by atoms with Gasteiger partial charge in [0.05, 0.1) is 11.4 Å². The molecule has 0 aliphatic carbocycles. The summed E-state index contributed by atoms with van der Waals surface area (Å²) >= 11 is 1.40. The number of benzene rings is 1. The summed E-state index contributed by atoms with van der Waals surface area (Å²) in [5.74, 6) is 0.989. The van der Waals surface area contributed by atoms with Gasteiger partial charge in [-0.1, -0.05) is 6.07 Å². The molecule has 2 aliphatic rings. The molecule has 0 bridgehead atoms. The molecule has 0 spiro atoms. The van der Waals surface area contributed by atoms with Crippen molar-refractivity contribution in [2.24, 2.45) is 4.99 Å². The molecule has 1 aromatic heterocycles. The normalized spacial score (nSPS) is 17.2. The number of aromatic nitrogens is 2. The molecule has 0 fully saturated rings. The first-order valence-corrected chi connectivity index (χ1v) is 7.11. The second kappa shape index (κ2) is 4.03. The van der Waals surface area contributed by atoms with Crippen molar-refractivity contribution in [3.8, 4) is 0 Å². The fraction of sp³-hybridized carbons (Fsp3) is 0.308. The standard InChI is InChI=1S/C13H13N5S/c1-9-3-4-10-11(7-9)18(13-15-8-16-19-13)12-14-5-2-6-17(10)12/h3-4,7-8H,2,5-6H2,1H3. The van der Waals surface area contributed by atoms with Gasteiger partial charge >= 0.3 is 0 Å². The van der Waals surface area contributed by atoms with Crippen LogP contribution >= 0.6 is 11.5 Å². The van der Waals surface area contributed by atoms with Crippen LogP contribution < -0.4 is 9.80 Å². The van der Waals surface area contributed by atoms with Crippen LogP contribution in [0.1, 0.15) is 12.0 Å². The van der Waals surface area contributed by atoms with Gasteiger partial charge in [0.25, 0.3) is 0 Å². The molecule has 4 rings (SSSR count). The minimum atomic E-state index is 0.883. The first kappa shape index (κ1) is 10.9. The average molecular weight is 271 g/mol. The molecule has 0 N–H and O–H groups in total. The maximum atomic E-state index is 4.68. The van der Waals surface area contributed by atoms with Gasteiger partial charge in [-0.05, 0) is 31.0 Å². The highest BCUT2D eigenvalue weighted by atomic mass is 32.1. The molecular weight excluding hydrogens is 258 g/mol. The topological polar surface area (TPSA) is 44.6 Å². The van der Waals surface area contributed by atoms with Crippen molar-refractivity contribution in [1.29, 1.82) is 0 Å². The lowest BCUT2D eigenvalue weighted by atomic mass is 10.2. The van der Waals surface area contributed by atoms with Crippen LogP contribution in [0.25, 0.3) is 0 Å². The molecule has 0 radical (unpaired) electrons. The Bertz CT molecular complexity index is 649. The zero-order valence-electron chi connectivity index (χ0n) is 10.6. The molecule has 0 saturated carbocycles. The van der Waals surface area contributed by atoms with Crippen LogP contribution in [0.15, 0.2) is 29.5 Å². The first-order valence-electron chi connectivity index (χ1n) is 6.34. The minimum Gasteiger partial charge on any atom is -0.310 e. The molecule has 0 saturated heterocycles. The zero-order chi connectivity index (χ0) is 12.8. The third-order valence-electron chi connectivity index (χ3n) is 3.44. The van der Waals surface area contributed by atoms with Crippen LogP contribution in [0.5, 0.6) is 0 Å². The van der Waals surface area contributed by atoms with Crippen molar-refractivity contribution in [1.82, 2.24) is 9.36 Å². The van der Waals surface area contributed by atoms with E-state index in [9.17, 15) is 0 Å². The van der Waals surface area contributed by atoms with E-state index in [-0.39, 0.29) is 0 Å². The van der Waals surface area contributed by atoms with Crippen LogP contribution in [-0.4, -0.2) is 28.4 Å². The van der Waals surface area contributed by atoms with E-state index < -0.39 is 0 Å². The van der Waals surface area contributed by atoms with E-state index in [0.717, 1.165) is 36.3 Å². The van der Waals surface area contributed by atoms with Gasteiger partial charge in [0.1, 0.15) is 6.33 Å². The summed E-state index contributed by atoms with van der Waals surface area (Å²) in [4.78, 5) is 13.4. The highest BCUT2D eigenvalue weighted by Gasteiger charge is 2.36. The Morgan fingerprint density at radius 3 is 3.05 bits per heavy atom. The number of rotatable bonds is 1. The fourth-order valence-electron chi connectivity index (χ4n) is 2.62. The van der Waals surface area contributed by atoms with Crippen molar-refractivity contribution in [3.63, 3.8) is 0 Å². The Kier molecular flexibility index (Phi) is 2.32. The van der Waals surface area contributed by atoms with E-state index in [1.165, 1.54) is 22.8 Å². The number of hydrogen-bond donors (Lipinski definition) is 0. The van der Waals surface area contributed by atoms with Crippen molar-refractivity contribution < 1.29 is 0 Å². The SMILES string of the molecule is Cc1ccc2c(c1)N(c1ncns1)C1=NCCCN12. The van der Waals surface area contributed by atoms with Crippen molar-refractivity contribution in [2.45, 2.75) is 13.3 Å². The molecule has 3 heterocycles. The number of hydrogen-bond acceptors (Lipinski definition) is 6. The predicted octanol–water partition coefficient (Wildman–Crippen LogP) is 2.56. The van der Waals surface area contributed by atoms with Crippen molar-refractivity contribution >= 4 is 34.0 Å². The van der Waals surface area contributed by atoms with Crippen molar-refractivity contribution in [2.75, 3.05) is 22.9 Å². The monoisotopic (exact) mass is 271 g/mol. The number of guanidine groups is 1. The van der Waals surface area contributed by atoms with Gasteiger partial charge in [-0.3, -0.25) is 9.89 Å². The average Bonchev–Trinajstić information content (AvgIpc) is 3.03. The van der Waals surface area contributed by atoms with E-state index >= 15 is 0 Å². The first-order chi connectivity index (χ1) is 9.34. The van der Waals surface area contributed by atoms with Crippen molar-refractivity contribution in [3.05, 3.63) is 30.1 Å². The van der Waals surface area contributed by atoms with Crippen LogP contribution in [0, 0.1) is 6.92 Å². The summed E-state index contributed by atoms with van der Waals surface area (Å²) in [6.07, 6.45) is 2.70. The minimum absolute atomic E-state index is 0.883. The Morgan fingerprint density at radius 2 is 2.21 bits per heavy atom. The number of nitrogens with zero attached hydrogens (tertiary/aromatic N) is 5. The quantitative estimate of drug-likeness (QED) is 0.799. The van der Waals surface area contributed by atoms with Gasteiger partial charge in [-0.2, -0.15) is 4.37 Å². The summed E-state index contributed by atoms with van der Waals surface area (Å²) in [6, 6.07) is 6.51. The van der Waals surface area contributed by atoms with E-state index in [1.54, 1.807) is 6.33 Å². The second-order valence-electron chi connectivity index (χ2n) is 4.74. The second-order valence-corrected chi connectivity index (χ2v) is 5.50. The maximum absolute atomic E-state index is 4.68. The highest BCUT2D eigenvalue weighted by molar-refractivity contribution is 7.10. The molecule has 19 heavy (non-hydrogen) atoms. The maximum Gasteiger partial charge on any atom is 0.216 e. The highest BCUT2D eigenvalue weighted by Crippen LogP contribution is 2.43. The van der Waals surface area contributed by atoms with Gasteiger partial charge in [-0.25, -0.2) is 4.98 Å². The smallest absolute Gasteiger partial charge is 0.216 e. The third kappa shape index (κ3) is 1.56. The molecule has 6 heteroatoms. The number of anilines is 3. The molecule has 2 aromatic rings. The largest absolute Gasteiger partial charge is 0.310 e.